The van der Waals surface area contributed by atoms with E-state index in [1.165, 1.54) is 24.4 Å². The fraction of sp³-hybridized carbons (Fsp3) is 0.786. The largest absolute Gasteiger partial charge is 0.334 e. The van der Waals surface area contributed by atoms with Crippen molar-refractivity contribution < 1.29 is 4.79 Å². The summed E-state index contributed by atoms with van der Waals surface area (Å²) in [4.78, 5) is 15.5. The third kappa shape index (κ3) is 3.31. The number of hydrogen-bond acceptors (Lipinski definition) is 4. The van der Waals surface area contributed by atoms with Gasteiger partial charge < -0.3 is 4.90 Å². The maximum Gasteiger partial charge on any atom is 0.267 e. The summed E-state index contributed by atoms with van der Waals surface area (Å²) >= 11 is 7.09. The van der Waals surface area contributed by atoms with Gasteiger partial charge in [0.25, 0.3) is 5.91 Å². The van der Waals surface area contributed by atoms with Gasteiger partial charge in [0.1, 0.15) is 4.88 Å². The number of alkyl halides is 1. The van der Waals surface area contributed by atoms with Crippen molar-refractivity contribution >= 4 is 29.0 Å². The van der Waals surface area contributed by atoms with E-state index in [2.05, 4.69) is 30.4 Å². The van der Waals surface area contributed by atoms with Gasteiger partial charge in [-0.15, -0.1) is 16.7 Å². The number of halogens is 1. The summed E-state index contributed by atoms with van der Waals surface area (Å²) in [5.41, 5.74) is 0.630. The molecule has 0 aromatic carbocycles. The third-order valence-corrected chi connectivity index (χ3v) is 4.63. The number of amides is 1. The van der Waals surface area contributed by atoms with Crippen LogP contribution in [0.3, 0.4) is 0 Å². The fourth-order valence-electron chi connectivity index (χ4n) is 2.71. The van der Waals surface area contributed by atoms with Gasteiger partial charge in [0.05, 0.1) is 5.69 Å². The Hall–Kier alpha value is -0.680. The van der Waals surface area contributed by atoms with Crippen LogP contribution in [-0.2, 0) is 5.41 Å². The predicted molar refractivity (Wildman–Crippen MR) is 82.6 cm³/mol. The number of rotatable bonds is 4. The smallest absolute Gasteiger partial charge is 0.267 e. The van der Waals surface area contributed by atoms with E-state index in [1.54, 1.807) is 0 Å². The summed E-state index contributed by atoms with van der Waals surface area (Å²) in [5, 5.41) is 4.17. The SMILES string of the molecule is CC(C)(C)c1nnsc1C(=O)N(CCCl)C1CCCC1. The Morgan fingerprint density at radius 1 is 1.40 bits per heavy atom. The first-order valence-electron chi connectivity index (χ1n) is 7.15. The molecule has 0 radical (unpaired) electrons. The van der Waals surface area contributed by atoms with Crippen LogP contribution in [-0.4, -0.2) is 38.9 Å². The van der Waals surface area contributed by atoms with Crippen LogP contribution in [0.25, 0.3) is 0 Å². The van der Waals surface area contributed by atoms with Crippen molar-refractivity contribution in [1.29, 1.82) is 0 Å². The van der Waals surface area contributed by atoms with Crippen LogP contribution in [0, 0.1) is 0 Å². The van der Waals surface area contributed by atoms with E-state index < -0.39 is 0 Å². The lowest BCUT2D eigenvalue weighted by atomic mass is 9.91. The average molecular weight is 316 g/mol. The second kappa shape index (κ2) is 6.39. The van der Waals surface area contributed by atoms with Crippen LogP contribution in [0.5, 0.6) is 0 Å². The standard InChI is InChI=1S/C14H22ClN3OS/c1-14(2,3)12-11(20-17-16-12)13(19)18(9-8-15)10-6-4-5-7-10/h10H,4-9H2,1-3H3. The molecule has 0 atom stereocenters. The monoisotopic (exact) mass is 315 g/mol. The number of carbonyl (C=O) groups excluding carboxylic acids is 1. The Balaban J connectivity index is 2.25. The summed E-state index contributed by atoms with van der Waals surface area (Å²) in [7, 11) is 0. The number of hydrogen-bond donors (Lipinski definition) is 0. The highest BCUT2D eigenvalue weighted by Gasteiger charge is 2.32. The van der Waals surface area contributed by atoms with E-state index in [-0.39, 0.29) is 11.3 Å². The van der Waals surface area contributed by atoms with Crippen molar-refractivity contribution in [3.05, 3.63) is 10.6 Å². The van der Waals surface area contributed by atoms with Gasteiger partial charge >= 0.3 is 0 Å². The Morgan fingerprint density at radius 3 is 2.60 bits per heavy atom. The van der Waals surface area contributed by atoms with E-state index in [1.807, 2.05) is 4.90 Å². The van der Waals surface area contributed by atoms with E-state index in [0.717, 1.165) is 18.5 Å². The zero-order valence-electron chi connectivity index (χ0n) is 12.4. The van der Waals surface area contributed by atoms with Crippen molar-refractivity contribution in [3.8, 4) is 0 Å². The van der Waals surface area contributed by atoms with E-state index in [4.69, 9.17) is 11.6 Å². The number of carbonyl (C=O) groups is 1. The van der Waals surface area contributed by atoms with Gasteiger partial charge in [0.15, 0.2) is 0 Å². The maximum absolute atomic E-state index is 12.8. The highest BCUT2D eigenvalue weighted by atomic mass is 35.5. The first-order chi connectivity index (χ1) is 9.45. The zero-order chi connectivity index (χ0) is 14.8. The van der Waals surface area contributed by atoms with Gasteiger partial charge in [0, 0.05) is 23.9 Å². The highest BCUT2D eigenvalue weighted by Crippen LogP contribution is 2.30. The summed E-state index contributed by atoms with van der Waals surface area (Å²) in [6.45, 7) is 6.78. The molecular weight excluding hydrogens is 294 g/mol. The lowest BCUT2D eigenvalue weighted by molar-refractivity contribution is 0.0697. The zero-order valence-corrected chi connectivity index (χ0v) is 13.9. The molecule has 1 saturated carbocycles. The molecule has 2 rings (SSSR count). The van der Waals surface area contributed by atoms with Crippen LogP contribution >= 0.6 is 23.1 Å². The number of aromatic nitrogens is 2. The normalized spacial score (nSPS) is 16.6. The van der Waals surface area contributed by atoms with Gasteiger partial charge in [-0.05, 0) is 24.4 Å². The molecule has 6 heteroatoms. The minimum atomic E-state index is -0.166. The summed E-state index contributed by atoms with van der Waals surface area (Å²) in [5.74, 6) is 0.525. The van der Waals surface area contributed by atoms with E-state index in [9.17, 15) is 4.79 Å². The molecule has 0 N–H and O–H groups in total. The van der Waals surface area contributed by atoms with Crippen molar-refractivity contribution in [1.82, 2.24) is 14.5 Å². The topological polar surface area (TPSA) is 46.1 Å². The van der Waals surface area contributed by atoms with Crippen LogP contribution in [0.2, 0.25) is 0 Å². The van der Waals surface area contributed by atoms with Crippen molar-refractivity contribution in [2.24, 2.45) is 0 Å². The second-order valence-corrected chi connectivity index (χ2v) is 7.46. The van der Waals surface area contributed by atoms with Crippen LogP contribution in [0.1, 0.15) is 61.8 Å². The molecule has 0 bridgehead atoms. The molecular formula is C14H22ClN3OS. The molecule has 0 aliphatic heterocycles. The van der Waals surface area contributed by atoms with Crippen LogP contribution in [0.4, 0.5) is 0 Å². The molecule has 0 spiro atoms. The molecule has 1 aliphatic rings. The van der Waals surface area contributed by atoms with E-state index in [0.29, 0.717) is 23.3 Å². The molecule has 1 aliphatic carbocycles. The molecule has 1 amide bonds. The van der Waals surface area contributed by atoms with Crippen molar-refractivity contribution in [2.45, 2.75) is 57.9 Å². The van der Waals surface area contributed by atoms with E-state index >= 15 is 0 Å². The Kier molecular flexibility index (Phi) is 5.02. The molecule has 112 valence electrons. The first-order valence-corrected chi connectivity index (χ1v) is 8.45. The minimum Gasteiger partial charge on any atom is -0.334 e. The predicted octanol–water partition coefficient (Wildman–Crippen LogP) is 3.46. The first kappa shape index (κ1) is 15.7. The lowest BCUT2D eigenvalue weighted by Crippen LogP contribution is -2.40. The fourth-order valence-corrected chi connectivity index (χ4v) is 3.72. The third-order valence-electron chi connectivity index (χ3n) is 3.74. The van der Waals surface area contributed by atoms with Crippen molar-refractivity contribution in [3.63, 3.8) is 0 Å². The van der Waals surface area contributed by atoms with Crippen LogP contribution in [0.15, 0.2) is 0 Å². The molecule has 0 saturated heterocycles. The molecule has 20 heavy (non-hydrogen) atoms. The van der Waals surface area contributed by atoms with Gasteiger partial charge in [-0.25, -0.2) is 0 Å². The molecule has 1 aromatic heterocycles. The summed E-state index contributed by atoms with van der Waals surface area (Å²) in [6, 6.07) is 0.330. The Labute approximate surface area is 129 Å². The lowest BCUT2D eigenvalue weighted by Gasteiger charge is -2.28. The highest BCUT2D eigenvalue weighted by molar-refractivity contribution is 7.08. The molecule has 1 aromatic rings. The second-order valence-electron chi connectivity index (χ2n) is 6.33. The summed E-state index contributed by atoms with van der Waals surface area (Å²) in [6.07, 6.45) is 4.56. The average Bonchev–Trinajstić information content (AvgIpc) is 3.04. The molecule has 0 unspecified atom stereocenters. The van der Waals surface area contributed by atoms with Crippen molar-refractivity contribution in [2.75, 3.05) is 12.4 Å². The molecule has 4 nitrogen and oxygen atoms in total. The Bertz CT molecular complexity index is 463. The minimum absolute atomic E-state index is 0.0532. The van der Waals surface area contributed by atoms with Gasteiger partial charge in [-0.1, -0.05) is 38.1 Å². The molecule has 1 heterocycles. The summed E-state index contributed by atoms with van der Waals surface area (Å²) < 4.78 is 3.99. The number of nitrogens with zero attached hydrogens (tertiary/aromatic N) is 3. The molecule has 1 fully saturated rings. The quantitative estimate of drug-likeness (QED) is 0.799. The van der Waals surface area contributed by atoms with Gasteiger partial charge in [-0.3, -0.25) is 4.79 Å². The van der Waals surface area contributed by atoms with Crippen LogP contribution < -0.4 is 0 Å². The van der Waals surface area contributed by atoms with Gasteiger partial charge in [-0.2, -0.15) is 0 Å². The van der Waals surface area contributed by atoms with Gasteiger partial charge in [0.2, 0.25) is 0 Å². The maximum atomic E-state index is 12.8. The Morgan fingerprint density at radius 2 is 2.05 bits per heavy atom.